The van der Waals surface area contributed by atoms with Crippen LogP contribution in [-0.4, -0.2) is 126 Å². The molecule has 0 aromatic heterocycles. The lowest BCUT2D eigenvalue weighted by Gasteiger charge is -2.79. The highest BCUT2D eigenvalue weighted by atomic mass is 16.8. The number of aliphatic hydroxyl groups is 3. The molecule has 9 fully saturated rings. The molecule has 0 aromatic carbocycles. The SMILES string of the molecule is C/C=C(\C)C(=O)O[C@@H]1[C@H]2O[C@@]3(C)O[C@]4(CC[C@H]5C[C@@H](O[C@H]6C[C@@H](OC)[C@H](O[C@@H]7O[C@H](C)[C@@H](O)[C@@H](OC)[C@H]7O)[C@@H](C)O6)CC[C@]5(C)[C@@H]24)[C@]2(O)CC[C@@H]3[C@@]12C. The minimum Gasteiger partial charge on any atom is -0.456 e. The Morgan fingerprint density at radius 2 is 1.64 bits per heavy atom. The van der Waals surface area contributed by atoms with E-state index in [-0.39, 0.29) is 35.2 Å². The van der Waals surface area contributed by atoms with E-state index >= 15 is 0 Å². The van der Waals surface area contributed by atoms with Crippen LogP contribution in [0, 0.1) is 28.6 Å². The van der Waals surface area contributed by atoms with E-state index in [1.807, 2.05) is 20.8 Å². The van der Waals surface area contributed by atoms with Crippen molar-refractivity contribution in [2.75, 3.05) is 14.2 Å². The number of hydrogen-bond acceptors (Lipinski definition) is 13. The zero-order valence-corrected chi connectivity index (χ0v) is 32.8. The fourth-order valence-corrected chi connectivity index (χ4v) is 13.1. The molecule has 5 heterocycles. The third-order valence-electron chi connectivity index (χ3n) is 15.9. The topological polar surface area (TPSA) is 161 Å². The quantitative estimate of drug-likeness (QED) is 0.188. The lowest BCUT2D eigenvalue weighted by Crippen LogP contribution is -2.90. The third kappa shape index (κ3) is 5.24. The number of allylic oxidation sites excluding steroid dienone is 1. The van der Waals surface area contributed by atoms with Crippen LogP contribution in [0.25, 0.3) is 0 Å². The Morgan fingerprint density at radius 1 is 0.887 bits per heavy atom. The van der Waals surface area contributed by atoms with Gasteiger partial charge in [0.1, 0.15) is 47.8 Å². The maximum Gasteiger partial charge on any atom is 0.333 e. The first kappa shape index (κ1) is 38.6. The van der Waals surface area contributed by atoms with Gasteiger partial charge in [0.15, 0.2) is 18.4 Å². The molecule has 0 radical (unpaired) electrons. The summed E-state index contributed by atoms with van der Waals surface area (Å²) in [6.07, 6.45) is 0.00961. The van der Waals surface area contributed by atoms with Crippen LogP contribution in [0.4, 0.5) is 0 Å². The summed E-state index contributed by atoms with van der Waals surface area (Å²) in [6.45, 7) is 13.7. The average molecular weight is 751 g/mol. The fraction of sp³-hybridized carbons (Fsp3) is 0.925. The van der Waals surface area contributed by atoms with Crippen molar-refractivity contribution in [2.45, 2.75) is 190 Å². The van der Waals surface area contributed by atoms with Gasteiger partial charge in [-0.2, -0.15) is 0 Å². The molecule has 300 valence electrons. The molecule has 0 unspecified atom stereocenters. The molecule has 53 heavy (non-hydrogen) atoms. The molecule has 9 rings (SSSR count). The van der Waals surface area contributed by atoms with Crippen LogP contribution < -0.4 is 0 Å². The summed E-state index contributed by atoms with van der Waals surface area (Å²) in [4.78, 5) is 13.4. The van der Waals surface area contributed by atoms with E-state index in [0.717, 1.165) is 32.1 Å². The monoisotopic (exact) mass is 750 g/mol. The fourth-order valence-electron chi connectivity index (χ4n) is 13.1. The number of rotatable bonds is 8. The Hall–Kier alpha value is -1.23. The lowest BCUT2D eigenvalue weighted by atomic mass is 9.37. The van der Waals surface area contributed by atoms with Crippen molar-refractivity contribution in [3.63, 3.8) is 0 Å². The van der Waals surface area contributed by atoms with Crippen LogP contribution in [-0.2, 0) is 47.4 Å². The highest BCUT2D eigenvalue weighted by Crippen LogP contribution is 2.80. The van der Waals surface area contributed by atoms with Crippen LogP contribution in [0.2, 0.25) is 0 Å². The summed E-state index contributed by atoms with van der Waals surface area (Å²) < 4.78 is 57.1. The molecule has 5 saturated heterocycles. The molecule has 0 aromatic rings. The largest absolute Gasteiger partial charge is 0.456 e. The van der Waals surface area contributed by atoms with Gasteiger partial charge in [0.25, 0.3) is 0 Å². The second kappa shape index (κ2) is 13.2. The van der Waals surface area contributed by atoms with E-state index in [1.165, 1.54) is 7.11 Å². The van der Waals surface area contributed by atoms with Gasteiger partial charge in [0.05, 0.1) is 24.4 Å². The van der Waals surface area contributed by atoms with E-state index in [2.05, 4.69) is 13.8 Å². The Balaban J connectivity index is 0.983. The van der Waals surface area contributed by atoms with Crippen LogP contribution >= 0.6 is 0 Å². The molecular weight excluding hydrogens is 688 g/mol. The van der Waals surface area contributed by atoms with Gasteiger partial charge in [-0.25, -0.2) is 4.79 Å². The second-order valence-electron chi connectivity index (χ2n) is 18.1. The summed E-state index contributed by atoms with van der Waals surface area (Å²) in [5.74, 6) is -1.18. The van der Waals surface area contributed by atoms with E-state index in [4.69, 9.17) is 42.6 Å². The normalized spacial score (nSPS) is 57.2. The minimum atomic E-state index is -1.19. The van der Waals surface area contributed by atoms with Crippen LogP contribution in [0.3, 0.4) is 0 Å². The molecule has 4 aliphatic carbocycles. The minimum absolute atomic E-state index is 0.0544. The first-order valence-electron chi connectivity index (χ1n) is 20.0. The number of methoxy groups -OCH3 is 2. The highest BCUT2D eigenvalue weighted by molar-refractivity contribution is 5.87. The standard InChI is InChI=1S/C40H62O13/c1-10-19(2)34(43)51-33-31-32-36(5)14-12-23(17-22(36)11-15-39(32)40(44)16-13-25(37(33,40)6)38(7,52-31)53-39)49-26-18-24(45-8)29(21(4)47-26)50-35-28(42)30(46-9)27(41)20(3)48-35/h10,20-33,35,41-42,44H,11-18H2,1-9H3/b19-10+/t20-,21-,22+,23+,24-,25-,26+,27-,28-,29-,30-,31+,32-,33-,35+,36+,37+,38+,39+,40+/m1/s1. The van der Waals surface area contributed by atoms with Crippen LogP contribution in [0.1, 0.15) is 99.8 Å². The Labute approximate surface area is 313 Å². The van der Waals surface area contributed by atoms with Crippen molar-refractivity contribution in [3.8, 4) is 0 Å². The van der Waals surface area contributed by atoms with Crippen molar-refractivity contribution >= 4 is 5.97 Å². The zero-order chi connectivity index (χ0) is 38.0. The van der Waals surface area contributed by atoms with Gasteiger partial charge in [-0.15, -0.1) is 0 Å². The number of hydrogen-bond donors (Lipinski definition) is 3. The predicted molar refractivity (Wildman–Crippen MR) is 187 cm³/mol. The third-order valence-corrected chi connectivity index (χ3v) is 15.9. The molecule has 6 bridgehead atoms. The van der Waals surface area contributed by atoms with Crippen molar-refractivity contribution in [2.24, 2.45) is 28.6 Å². The van der Waals surface area contributed by atoms with Crippen molar-refractivity contribution < 1.29 is 62.7 Å². The molecular formula is C40H62O13. The number of fused-ring (bicyclic) bond motifs is 1. The first-order valence-corrected chi connectivity index (χ1v) is 20.0. The Bertz CT molecular complexity index is 1460. The van der Waals surface area contributed by atoms with E-state index in [0.29, 0.717) is 24.8 Å². The molecule has 3 N–H and O–H groups in total. The van der Waals surface area contributed by atoms with Gasteiger partial charge in [-0.3, -0.25) is 0 Å². The van der Waals surface area contributed by atoms with Gasteiger partial charge < -0.3 is 58.0 Å². The van der Waals surface area contributed by atoms with Gasteiger partial charge >= 0.3 is 5.97 Å². The molecule has 1 spiro atoms. The van der Waals surface area contributed by atoms with Crippen molar-refractivity contribution in [1.82, 2.24) is 0 Å². The van der Waals surface area contributed by atoms with E-state index in [9.17, 15) is 20.1 Å². The summed E-state index contributed by atoms with van der Waals surface area (Å²) in [6, 6.07) is 0. The van der Waals surface area contributed by atoms with Gasteiger partial charge in [0, 0.05) is 43.5 Å². The van der Waals surface area contributed by atoms with Gasteiger partial charge in [-0.1, -0.05) is 19.9 Å². The van der Waals surface area contributed by atoms with Crippen molar-refractivity contribution in [3.05, 3.63) is 11.6 Å². The lowest BCUT2D eigenvalue weighted by molar-refractivity contribution is -0.521. The summed E-state index contributed by atoms with van der Waals surface area (Å²) in [5, 5.41) is 34.3. The number of carbonyl (C=O) groups is 1. The number of esters is 1. The molecule has 0 amide bonds. The van der Waals surface area contributed by atoms with Crippen LogP contribution in [0.15, 0.2) is 11.6 Å². The molecule has 13 heteroatoms. The Morgan fingerprint density at radius 3 is 2.34 bits per heavy atom. The zero-order valence-electron chi connectivity index (χ0n) is 32.8. The molecule has 20 atom stereocenters. The van der Waals surface area contributed by atoms with Gasteiger partial charge in [0.2, 0.25) is 0 Å². The smallest absolute Gasteiger partial charge is 0.333 e. The summed E-state index contributed by atoms with van der Waals surface area (Å²) in [5.41, 5.74) is -2.33. The van der Waals surface area contributed by atoms with Crippen molar-refractivity contribution in [1.29, 1.82) is 0 Å². The Kier molecular flexibility index (Phi) is 9.59. The summed E-state index contributed by atoms with van der Waals surface area (Å²) in [7, 11) is 3.07. The van der Waals surface area contributed by atoms with E-state index < -0.39 is 89.9 Å². The molecule has 4 saturated carbocycles. The second-order valence-corrected chi connectivity index (χ2v) is 18.1. The number of aliphatic hydroxyl groups excluding tert-OH is 2. The van der Waals surface area contributed by atoms with Crippen LogP contribution in [0.5, 0.6) is 0 Å². The number of carbonyl (C=O) groups excluding carboxylic acids is 1. The summed E-state index contributed by atoms with van der Waals surface area (Å²) >= 11 is 0. The molecule has 13 nitrogen and oxygen atoms in total. The first-order chi connectivity index (χ1) is 25.0. The predicted octanol–water partition coefficient (Wildman–Crippen LogP) is 3.53. The van der Waals surface area contributed by atoms with Gasteiger partial charge in [-0.05, 0) is 90.9 Å². The average Bonchev–Trinajstić information content (AvgIpc) is 3.38. The maximum atomic E-state index is 13.4. The van der Waals surface area contributed by atoms with E-state index in [1.54, 1.807) is 27.0 Å². The molecule has 9 aliphatic rings. The number of ether oxygens (including phenoxy) is 9. The molecule has 5 aliphatic heterocycles. The maximum absolute atomic E-state index is 13.4. The highest BCUT2D eigenvalue weighted by Gasteiger charge is 2.89.